The summed E-state index contributed by atoms with van der Waals surface area (Å²) in [7, 11) is 0. The van der Waals surface area contributed by atoms with Crippen molar-refractivity contribution in [2.45, 2.75) is 0 Å². The number of pyridine rings is 1. The number of benzene rings is 3. The summed E-state index contributed by atoms with van der Waals surface area (Å²) in [5, 5.41) is 1.17. The molecule has 6 nitrogen and oxygen atoms in total. The summed E-state index contributed by atoms with van der Waals surface area (Å²) in [6.07, 6.45) is 4.78. The van der Waals surface area contributed by atoms with Crippen molar-refractivity contribution in [3.05, 3.63) is 133 Å². The van der Waals surface area contributed by atoms with Crippen molar-refractivity contribution in [1.29, 1.82) is 0 Å². The summed E-state index contributed by atoms with van der Waals surface area (Å²) in [4.78, 5) is 34.9. The predicted molar refractivity (Wildman–Crippen MR) is 129 cm³/mol. The van der Waals surface area contributed by atoms with E-state index in [1.807, 2.05) is 30.3 Å². The SMILES string of the molecule is O=c1[nH]/c(=C\c2cnc3ccccc3c2)c(=O)[nH]/c1=C\c1cccc(Oc2ccc(F)cc2)c1. The lowest BCUT2D eigenvalue weighted by atomic mass is 10.1. The number of hydrogen-bond acceptors (Lipinski definition) is 4. The Bertz CT molecular complexity index is 1740. The Balaban J connectivity index is 1.48. The van der Waals surface area contributed by atoms with E-state index in [1.54, 1.807) is 42.6 Å². The summed E-state index contributed by atoms with van der Waals surface area (Å²) in [5.41, 5.74) is 1.32. The maximum atomic E-state index is 13.1. The van der Waals surface area contributed by atoms with Crippen LogP contribution in [-0.4, -0.2) is 15.0 Å². The molecular weight excluding hydrogens is 433 g/mol. The minimum atomic E-state index is -0.440. The fraction of sp³-hybridized carbons (Fsp3) is 0. The standard InChI is InChI=1S/C27H18FN3O3/c28-20-8-10-21(11-9-20)34-22-6-3-4-17(13-22)14-24-26(32)31-25(27(33)30-24)15-18-12-19-5-1-2-7-23(19)29-16-18/h1-16H,(H,30,33)(H,31,32)/b24-14-,25-15-. The number of rotatable bonds is 4. The highest BCUT2D eigenvalue weighted by molar-refractivity contribution is 5.80. The first kappa shape index (κ1) is 21.1. The van der Waals surface area contributed by atoms with Gasteiger partial charge in [0.2, 0.25) is 0 Å². The Morgan fingerprint density at radius 3 is 2.21 bits per heavy atom. The molecule has 34 heavy (non-hydrogen) atoms. The number of H-pyrrole nitrogens is 2. The highest BCUT2D eigenvalue weighted by Gasteiger charge is 2.02. The second-order valence-electron chi connectivity index (χ2n) is 7.61. The second kappa shape index (κ2) is 8.99. The van der Waals surface area contributed by atoms with Gasteiger partial charge >= 0.3 is 0 Å². The molecule has 2 N–H and O–H groups in total. The summed E-state index contributed by atoms with van der Waals surface area (Å²) < 4.78 is 18.8. The van der Waals surface area contributed by atoms with E-state index >= 15 is 0 Å². The lowest BCUT2D eigenvalue weighted by Crippen LogP contribution is -2.46. The van der Waals surface area contributed by atoms with Gasteiger partial charge in [0.15, 0.2) is 0 Å². The van der Waals surface area contributed by atoms with Gasteiger partial charge in [-0.05, 0) is 71.8 Å². The molecule has 0 aliphatic heterocycles. The first-order chi connectivity index (χ1) is 16.5. The molecule has 0 saturated heterocycles. The monoisotopic (exact) mass is 451 g/mol. The number of aromatic nitrogens is 3. The van der Waals surface area contributed by atoms with E-state index in [9.17, 15) is 14.0 Å². The maximum Gasteiger partial charge on any atom is 0.272 e. The molecule has 5 rings (SSSR count). The lowest BCUT2D eigenvalue weighted by molar-refractivity contribution is 0.480. The number of para-hydroxylation sites is 1. The molecular formula is C27H18FN3O3. The number of halogens is 1. The Kier molecular flexibility index (Phi) is 5.58. The van der Waals surface area contributed by atoms with Crippen molar-refractivity contribution in [2.24, 2.45) is 0 Å². The third-order valence-corrected chi connectivity index (χ3v) is 5.13. The van der Waals surface area contributed by atoms with Crippen LogP contribution in [0.2, 0.25) is 0 Å². The van der Waals surface area contributed by atoms with Gasteiger partial charge in [-0.25, -0.2) is 4.39 Å². The zero-order valence-electron chi connectivity index (χ0n) is 17.8. The number of nitrogens with one attached hydrogen (secondary N) is 2. The van der Waals surface area contributed by atoms with E-state index in [1.165, 1.54) is 24.3 Å². The molecule has 0 radical (unpaired) electrons. The molecule has 0 unspecified atom stereocenters. The molecule has 0 aliphatic rings. The van der Waals surface area contributed by atoms with Gasteiger partial charge in [-0.1, -0.05) is 30.3 Å². The molecule has 3 aromatic carbocycles. The van der Waals surface area contributed by atoms with Crippen LogP contribution >= 0.6 is 0 Å². The second-order valence-corrected chi connectivity index (χ2v) is 7.61. The van der Waals surface area contributed by atoms with Crippen molar-refractivity contribution in [1.82, 2.24) is 15.0 Å². The van der Waals surface area contributed by atoms with E-state index in [0.717, 1.165) is 10.9 Å². The zero-order valence-corrected chi connectivity index (χ0v) is 17.8. The molecule has 7 heteroatoms. The van der Waals surface area contributed by atoms with Crippen LogP contribution in [0.4, 0.5) is 4.39 Å². The topological polar surface area (TPSA) is 87.8 Å². The first-order valence-electron chi connectivity index (χ1n) is 10.5. The Labute approximate surface area is 192 Å². The molecule has 0 saturated carbocycles. The van der Waals surface area contributed by atoms with Crippen molar-refractivity contribution >= 4 is 23.1 Å². The normalized spacial score (nSPS) is 12.3. The minimum Gasteiger partial charge on any atom is -0.457 e. The van der Waals surface area contributed by atoms with Gasteiger partial charge in [0, 0.05) is 11.6 Å². The van der Waals surface area contributed by atoms with E-state index < -0.39 is 11.1 Å². The Morgan fingerprint density at radius 1 is 0.735 bits per heavy atom. The van der Waals surface area contributed by atoms with Gasteiger partial charge in [0.05, 0.1) is 5.52 Å². The summed E-state index contributed by atoms with van der Waals surface area (Å²) in [6, 6.07) is 22.2. The highest BCUT2D eigenvalue weighted by Crippen LogP contribution is 2.22. The molecule has 2 aromatic heterocycles. The molecule has 166 valence electrons. The highest BCUT2D eigenvalue weighted by atomic mass is 19.1. The van der Waals surface area contributed by atoms with Crippen LogP contribution in [-0.2, 0) is 0 Å². The Morgan fingerprint density at radius 2 is 1.44 bits per heavy atom. The van der Waals surface area contributed by atoms with E-state index in [4.69, 9.17) is 4.74 Å². The number of nitrogens with zero attached hydrogens (tertiary/aromatic N) is 1. The number of ether oxygens (including phenoxy) is 1. The van der Waals surface area contributed by atoms with Gasteiger partial charge in [-0.3, -0.25) is 14.6 Å². The van der Waals surface area contributed by atoms with Crippen molar-refractivity contribution in [3.8, 4) is 11.5 Å². The van der Waals surface area contributed by atoms with Gasteiger partial charge in [-0.2, -0.15) is 0 Å². The third kappa shape index (κ3) is 4.68. The average Bonchev–Trinajstić information content (AvgIpc) is 2.84. The van der Waals surface area contributed by atoms with Crippen LogP contribution in [0.1, 0.15) is 11.1 Å². The summed E-state index contributed by atoms with van der Waals surface area (Å²) in [5.74, 6) is 0.635. The quantitative estimate of drug-likeness (QED) is 0.439. The minimum absolute atomic E-state index is 0.109. The zero-order chi connectivity index (χ0) is 23.5. The first-order valence-corrected chi connectivity index (χ1v) is 10.5. The third-order valence-electron chi connectivity index (χ3n) is 5.13. The maximum absolute atomic E-state index is 13.1. The van der Waals surface area contributed by atoms with Crippen LogP contribution in [0.25, 0.3) is 23.1 Å². The van der Waals surface area contributed by atoms with Crippen molar-refractivity contribution in [2.75, 3.05) is 0 Å². The number of hydrogen-bond donors (Lipinski definition) is 2. The predicted octanol–water partition coefficient (Wildman–Crippen LogP) is 3.20. The molecule has 0 fully saturated rings. The van der Waals surface area contributed by atoms with Crippen LogP contribution in [0, 0.1) is 5.82 Å². The fourth-order valence-electron chi connectivity index (χ4n) is 3.50. The molecule has 0 spiro atoms. The van der Waals surface area contributed by atoms with Crippen molar-refractivity contribution in [3.63, 3.8) is 0 Å². The van der Waals surface area contributed by atoms with Gasteiger partial charge in [0.25, 0.3) is 11.1 Å². The molecule has 0 atom stereocenters. The summed E-state index contributed by atoms with van der Waals surface area (Å²) >= 11 is 0. The van der Waals surface area contributed by atoms with Crippen LogP contribution in [0.5, 0.6) is 11.5 Å². The molecule has 0 aliphatic carbocycles. The fourth-order valence-corrected chi connectivity index (χ4v) is 3.50. The average molecular weight is 451 g/mol. The summed E-state index contributed by atoms with van der Waals surface area (Å²) in [6.45, 7) is 0. The smallest absolute Gasteiger partial charge is 0.272 e. The van der Waals surface area contributed by atoms with Gasteiger partial charge in [0.1, 0.15) is 28.0 Å². The lowest BCUT2D eigenvalue weighted by Gasteiger charge is -2.06. The molecule has 2 heterocycles. The van der Waals surface area contributed by atoms with E-state index in [0.29, 0.717) is 22.6 Å². The number of aromatic amines is 2. The molecule has 0 amide bonds. The molecule has 0 bridgehead atoms. The largest absolute Gasteiger partial charge is 0.457 e. The van der Waals surface area contributed by atoms with Crippen LogP contribution in [0.15, 0.2) is 94.6 Å². The van der Waals surface area contributed by atoms with Crippen molar-refractivity contribution < 1.29 is 9.13 Å². The van der Waals surface area contributed by atoms with Crippen LogP contribution in [0.3, 0.4) is 0 Å². The van der Waals surface area contributed by atoms with Crippen LogP contribution < -0.4 is 26.6 Å². The van der Waals surface area contributed by atoms with E-state index in [-0.39, 0.29) is 16.5 Å². The van der Waals surface area contributed by atoms with E-state index in [2.05, 4.69) is 15.0 Å². The van der Waals surface area contributed by atoms with Gasteiger partial charge < -0.3 is 14.7 Å². The molecule has 5 aromatic rings. The van der Waals surface area contributed by atoms with Gasteiger partial charge in [-0.15, -0.1) is 0 Å². The number of fused-ring (bicyclic) bond motifs is 1. The Hall–Kier alpha value is -4.78.